The van der Waals surface area contributed by atoms with E-state index in [-0.39, 0.29) is 17.2 Å². The molecular formula is C27H27N3O4. The molecule has 0 aliphatic heterocycles. The van der Waals surface area contributed by atoms with Crippen molar-refractivity contribution in [3.8, 4) is 5.69 Å². The third-order valence-electron chi connectivity index (χ3n) is 5.31. The van der Waals surface area contributed by atoms with Gasteiger partial charge in [0.2, 0.25) is 0 Å². The SMILES string of the molecule is CCOCCOCc1cccc(CNC(=O)c2nn(-c3ccccc3)c(=O)c3ccccc23)c1. The van der Waals surface area contributed by atoms with Crippen molar-refractivity contribution in [2.45, 2.75) is 20.1 Å². The molecule has 4 aromatic rings. The summed E-state index contributed by atoms with van der Waals surface area (Å²) in [5, 5.41) is 8.33. The first-order valence-corrected chi connectivity index (χ1v) is 11.3. The Morgan fingerprint density at radius 1 is 0.882 bits per heavy atom. The van der Waals surface area contributed by atoms with E-state index in [4.69, 9.17) is 9.47 Å². The minimum Gasteiger partial charge on any atom is -0.379 e. The summed E-state index contributed by atoms with van der Waals surface area (Å²) in [6.07, 6.45) is 0. The molecule has 3 aromatic carbocycles. The first-order valence-electron chi connectivity index (χ1n) is 11.3. The van der Waals surface area contributed by atoms with E-state index in [2.05, 4.69) is 10.4 Å². The predicted molar refractivity (Wildman–Crippen MR) is 131 cm³/mol. The average Bonchev–Trinajstić information content (AvgIpc) is 2.88. The summed E-state index contributed by atoms with van der Waals surface area (Å²) in [4.78, 5) is 26.2. The molecule has 7 heteroatoms. The third kappa shape index (κ3) is 5.57. The van der Waals surface area contributed by atoms with Crippen molar-refractivity contribution >= 4 is 16.7 Å². The summed E-state index contributed by atoms with van der Waals surface area (Å²) in [7, 11) is 0. The van der Waals surface area contributed by atoms with Gasteiger partial charge in [-0.25, -0.2) is 0 Å². The highest BCUT2D eigenvalue weighted by atomic mass is 16.5. The molecule has 0 aliphatic carbocycles. The zero-order valence-electron chi connectivity index (χ0n) is 19.1. The van der Waals surface area contributed by atoms with E-state index in [9.17, 15) is 9.59 Å². The van der Waals surface area contributed by atoms with Gasteiger partial charge in [0.05, 0.1) is 30.9 Å². The van der Waals surface area contributed by atoms with Crippen molar-refractivity contribution in [1.29, 1.82) is 0 Å². The minimum absolute atomic E-state index is 0.203. The zero-order chi connectivity index (χ0) is 23.8. The normalized spacial score (nSPS) is 11.0. The van der Waals surface area contributed by atoms with Gasteiger partial charge in [-0.1, -0.05) is 60.7 Å². The monoisotopic (exact) mass is 457 g/mol. The second-order valence-corrected chi connectivity index (χ2v) is 7.70. The van der Waals surface area contributed by atoms with E-state index in [1.807, 2.05) is 49.4 Å². The van der Waals surface area contributed by atoms with Crippen LogP contribution in [-0.4, -0.2) is 35.5 Å². The summed E-state index contributed by atoms with van der Waals surface area (Å²) in [6.45, 7) is 4.52. The van der Waals surface area contributed by atoms with E-state index < -0.39 is 0 Å². The maximum absolute atomic E-state index is 13.2. The number of aromatic nitrogens is 2. The fourth-order valence-electron chi connectivity index (χ4n) is 3.65. The standard InChI is InChI=1S/C27H27N3O4/c1-2-33-15-16-34-19-21-10-8-9-20(17-21)18-28-26(31)25-23-13-6-7-14-24(23)27(32)30(29-25)22-11-4-3-5-12-22/h3-14,17H,2,15-16,18-19H2,1H3,(H,28,31). The lowest BCUT2D eigenvalue weighted by Gasteiger charge is -2.12. The molecular weight excluding hydrogens is 430 g/mol. The van der Waals surface area contributed by atoms with E-state index in [0.717, 1.165) is 11.1 Å². The van der Waals surface area contributed by atoms with Crippen molar-refractivity contribution in [1.82, 2.24) is 15.1 Å². The lowest BCUT2D eigenvalue weighted by Crippen LogP contribution is -2.29. The lowest BCUT2D eigenvalue weighted by molar-refractivity contribution is 0.0453. The van der Waals surface area contributed by atoms with Crippen LogP contribution < -0.4 is 10.9 Å². The summed E-state index contributed by atoms with van der Waals surface area (Å²) in [5.74, 6) is -0.348. The molecule has 7 nitrogen and oxygen atoms in total. The van der Waals surface area contributed by atoms with E-state index >= 15 is 0 Å². The molecule has 0 spiro atoms. The summed E-state index contributed by atoms with van der Waals surface area (Å²) >= 11 is 0. The van der Waals surface area contributed by atoms with Gasteiger partial charge in [0.1, 0.15) is 0 Å². The molecule has 4 rings (SSSR count). The molecule has 0 saturated carbocycles. The maximum atomic E-state index is 13.2. The van der Waals surface area contributed by atoms with Crippen LogP contribution >= 0.6 is 0 Å². The maximum Gasteiger partial charge on any atom is 0.279 e. The molecule has 1 aromatic heterocycles. The number of rotatable bonds is 10. The predicted octanol–water partition coefficient (Wildman–Crippen LogP) is 3.87. The average molecular weight is 458 g/mol. The first-order chi connectivity index (χ1) is 16.7. The number of fused-ring (bicyclic) bond motifs is 1. The Bertz CT molecular complexity index is 1320. The molecule has 0 saturated heterocycles. The summed E-state index contributed by atoms with van der Waals surface area (Å²) < 4.78 is 12.2. The Labute approximate surface area is 197 Å². The molecule has 1 amide bonds. The second-order valence-electron chi connectivity index (χ2n) is 7.70. The Hall–Kier alpha value is -3.81. The van der Waals surface area contributed by atoms with Crippen LogP contribution in [0.5, 0.6) is 0 Å². The van der Waals surface area contributed by atoms with E-state index in [1.165, 1.54) is 4.68 Å². The molecule has 174 valence electrons. The topological polar surface area (TPSA) is 82.4 Å². The van der Waals surface area contributed by atoms with Gasteiger partial charge in [-0.05, 0) is 36.2 Å². The Kier molecular flexibility index (Phi) is 7.80. The van der Waals surface area contributed by atoms with Crippen LogP contribution in [0.15, 0.2) is 83.7 Å². The van der Waals surface area contributed by atoms with Gasteiger partial charge in [0.15, 0.2) is 5.69 Å². The van der Waals surface area contributed by atoms with Crippen molar-refractivity contribution < 1.29 is 14.3 Å². The van der Waals surface area contributed by atoms with Gasteiger partial charge >= 0.3 is 0 Å². The number of carbonyl (C=O) groups excluding carboxylic acids is 1. The van der Waals surface area contributed by atoms with E-state index in [1.54, 1.807) is 36.4 Å². The molecule has 0 radical (unpaired) electrons. The quantitative estimate of drug-likeness (QED) is 0.366. The molecule has 34 heavy (non-hydrogen) atoms. The van der Waals surface area contributed by atoms with Crippen molar-refractivity contribution in [2.75, 3.05) is 19.8 Å². The fraction of sp³-hybridized carbons (Fsp3) is 0.222. The smallest absolute Gasteiger partial charge is 0.279 e. The molecule has 1 heterocycles. The molecule has 0 unspecified atom stereocenters. The van der Waals surface area contributed by atoms with Crippen LogP contribution in [0.2, 0.25) is 0 Å². The van der Waals surface area contributed by atoms with Gasteiger partial charge in [0.25, 0.3) is 11.5 Å². The van der Waals surface area contributed by atoms with Crippen LogP contribution in [0.25, 0.3) is 16.5 Å². The summed E-state index contributed by atoms with van der Waals surface area (Å²) in [6, 6.07) is 24.0. The second kappa shape index (κ2) is 11.4. The number of hydrogen-bond acceptors (Lipinski definition) is 5. The Morgan fingerprint density at radius 2 is 1.59 bits per heavy atom. The number of amides is 1. The highest BCUT2D eigenvalue weighted by Gasteiger charge is 2.17. The van der Waals surface area contributed by atoms with Gasteiger partial charge in [-0.3, -0.25) is 9.59 Å². The highest BCUT2D eigenvalue weighted by molar-refractivity contribution is 6.04. The third-order valence-corrected chi connectivity index (χ3v) is 5.31. The lowest BCUT2D eigenvalue weighted by atomic mass is 10.1. The molecule has 0 fully saturated rings. The number of hydrogen-bond donors (Lipinski definition) is 1. The fourth-order valence-corrected chi connectivity index (χ4v) is 3.65. The Balaban J connectivity index is 1.52. The molecule has 0 bridgehead atoms. The van der Waals surface area contributed by atoms with E-state index in [0.29, 0.717) is 49.4 Å². The van der Waals surface area contributed by atoms with Crippen LogP contribution in [0.4, 0.5) is 0 Å². The van der Waals surface area contributed by atoms with Gasteiger partial charge < -0.3 is 14.8 Å². The minimum atomic E-state index is -0.348. The van der Waals surface area contributed by atoms with Gasteiger partial charge in [0, 0.05) is 18.5 Å². The number of nitrogens with one attached hydrogen (secondary N) is 1. The number of ether oxygens (including phenoxy) is 2. The Morgan fingerprint density at radius 3 is 2.38 bits per heavy atom. The number of nitrogens with zero attached hydrogens (tertiary/aromatic N) is 2. The molecule has 0 aliphatic rings. The first kappa shape index (κ1) is 23.4. The largest absolute Gasteiger partial charge is 0.379 e. The zero-order valence-corrected chi connectivity index (χ0v) is 19.1. The van der Waals surface area contributed by atoms with Crippen LogP contribution in [0.1, 0.15) is 28.5 Å². The number of para-hydroxylation sites is 1. The van der Waals surface area contributed by atoms with Crippen molar-refractivity contribution in [3.05, 3.63) is 106 Å². The highest BCUT2D eigenvalue weighted by Crippen LogP contribution is 2.15. The van der Waals surface area contributed by atoms with Crippen LogP contribution in [0, 0.1) is 0 Å². The summed E-state index contributed by atoms with van der Waals surface area (Å²) in [5.41, 5.74) is 2.50. The molecule has 1 N–H and O–H groups in total. The van der Waals surface area contributed by atoms with Crippen molar-refractivity contribution in [2.24, 2.45) is 0 Å². The van der Waals surface area contributed by atoms with Crippen LogP contribution in [0.3, 0.4) is 0 Å². The van der Waals surface area contributed by atoms with Crippen LogP contribution in [-0.2, 0) is 22.6 Å². The number of benzene rings is 3. The molecule has 0 atom stereocenters. The van der Waals surface area contributed by atoms with Gasteiger partial charge in [-0.2, -0.15) is 9.78 Å². The van der Waals surface area contributed by atoms with Crippen molar-refractivity contribution in [3.63, 3.8) is 0 Å². The van der Waals surface area contributed by atoms with Gasteiger partial charge in [-0.15, -0.1) is 0 Å². The number of carbonyl (C=O) groups is 1.